The Kier molecular flexibility index (Phi) is 1.61. The number of aromatic carboxylic acids is 1. The molecule has 1 aromatic carbocycles. The van der Waals surface area contributed by atoms with Crippen molar-refractivity contribution in [3.05, 3.63) is 36.1 Å². The Morgan fingerprint density at radius 2 is 2.07 bits per heavy atom. The molecule has 3 rings (SSSR count). The van der Waals surface area contributed by atoms with Crippen molar-refractivity contribution in [3.63, 3.8) is 0 Å². The summed E-state index contributed by atoms with van der Waals surface area (Å²) < 4.78 is 7.29. The lowest BCUT2D eigenvalue weighted by molar-refractivity contribution is 0.0665. The van der Waals surface area contributed by atoms with Gasteiger partial charge in [0.25, 0.3) is 0 Å². The fourth-order valence-corrected chi connectivity index (χ4v) is 2.67. The van der Waals surface area contributed by atoms with Crippen molar-refractivity contribution in [1.82, 2.24) is 0 Å². The minimum Gasteiger partial charge on any atom is -0.475 e. The highest BCUT2D eigenvalue weighted by atomic mass is 32.1. The summed E-state index contributed by atoms with van der Waals surface area (Å²) in [4.78, 5) is 10.7. The average molecular weight is 218 g/mol. The third kappa shape index (κ3) is 1.15. The van der Waals surface area contributed by atoms with E-state index in [1.54, 1.807) is 17.4 Å². The van der Waals surface area contributed by atoms with E-state index in [0.717, 1.165) is 14.8 Å². The molecule has 2 heterocycles. The van der Waals surface area contributed by atoms with Crippen LogP contribution in [-0.2, 0) is 0 Å². The summed E-state index contributed by atoms with van der Waals surface area (Å²) in [5.74, 6) is -1.02. The first-order valence-corrected chi connectivity index (χ1v) is 5.22. The molecular formula is C11H6O3S. The van der Waals surface area contributed by atoms with Crippen LogP contribution in [0.25, 0.3) is 20.4 Å². The molecule has 15 heavy (non-hydrogen) atoms. The third-order valence-electron chi connectivity index (χ3n) is 2.26. The van der Waals surface area contributed by atoms with E-state index in [2.05, 4.69) is 0 Å². The van der Waals surface area contributed by atoms with E-state index in [-0.39, 0.29) is 5.76 Å². The lowest BCUT2D eigenvalue weighted by Gasteiger charge is -1.87. The van der Waals surface area contributed by atoms with E-state index < -0.39 is 5.97 Å². The van der Waals surface area contributed by atoms with Crippen molar-refractivity contribution in [1.29, 1.82) is 0 Å². The number of carbonyl (C=O) groups is 1. The summed E-state index contributed by atoms with van der Waals surface area (Å²) in [6.07, 6.45) is 0. The topological polar surface area (TPSA) is 50.4 Å². The first-order chi connectivity index (χ1) is 7.25. The van der Waals surface area contributed by atoms with Crippen molar-refractivity contribution in [2.45, 2.75) is 0 Å². The number of furan rings is 1. The molecule has 3 aromatic rings. The smallest absolute Gasteiger partial charge is 0.371 e. The summed E-state index contributed by atoms with van der Waals surface area (Å²) in [6.45, 7) is 0. The number of fused-ring (bicyclic) bond motifs is 3. The number of carboxylic acid groups (broad SMARTS) is 1. The summed E-state index contributed by atoms with van der Waals surface area (Å²) in [7, 11) is 0. The van der Waals surface area contributed by atoms with Gasteiger partial charge in [0.1, 0.15) is 0 Å². The summed E-state index contributed by atoms with van der Waals surface area (Å²) >= 11 is 1.54. The van der Waals surface area contributed by atoms with E-state index in [9.17, 15) is 4.79 Å². The summed E-state index contributed by atoms with van der Waals surface area (Å²) in [6, 6.07) is 9.37. The lowest BCUT2D eigenvalue weighted by Crippen LogP contribution is -1.91. The number of rotatable bonds is 1. The standard InChI is InChI=1S/C11H6O3S/c12-11(13)7-5-9-10(14-7)6-3-1-2-4-8(6)15-9/h1-5H,(H,12,13). The Balaban J connectivity index is 2.42. The lowest BCUT2D eigenvalue weighted by atomic mass is 10.2. The van der Waals surface area contributed by atoms with E-state index >= 15 is 0 Å². The minimum absolute atomic E-state index is 0.00185. The number of carboxylic acids is 1. The van der Waals surface area contributed by atoms with Gasteiger partial charge in [-0.2, -0.15) is 0 Å². The van der Waals surface area contributed by atoms with Crippen molar-refractivity contribution < 1.29 is 14.3 Å². The maximum Gasteiger partial charge on any atom is 0.371 e. The van der Waals surface area contributed by atoms with Gasteiger partial charge >= 0.3 is 5.97 Å². The molecule has 0 aliphatic carbocycles. The molecule has 74 valence electrons. The van der Waals surface area contributed by atoms with Crippen LogP contribution in [0.5, 0.6) is 0 Å². The number of hydrogen-bond donors (Lipinski definition) is 1. The normalized spacial score (nSPS) is 11.2. The Labute approximate surface area is 88.6 Å². The van der Waals surface area contributed by atoms with Gasteiger partial charge in [-0.3, -0.25) is 0 Å². The Morgan fingerprint density at radius 3 is 2.87 bits per heavy atom. The first-order valence-electron chi connectivity index (χ1n) is 4.40. The predicted molar refractivity (Wildman–Crippen MR) is 58.6 cm³/mol. The summed E-state index contributed by atoms with van der Waals surface area (Å²) in [5.41, 5.74) is 0.674. The maximum absolute atomic E-state index is 10.7. The van der Waals surface area contributed by atoms with Gasteiger partial charge in [-0.25, -0.2) is 4.79 Å². The van der Waals surface area contributed by atoms with Gasteiger partial charge in [-0.05, 0) is 12.1 Å². The molecule has 0 spiro atoms. The molecule has 0 amide bonds. The first kappa shape index (κ1) is 8.49. The molecule has 4 heteroatoms. The highest BCUT2D eigenvalue weighted by Gasteiger charge is 2.14. The molecule has 2 aromatic heterocycles. The number of thiophene rings is 1. The molecule has 0 saturated carbocycles. The molecule has 0 radical (unpaired) electrons. The van der Waals surface area contributed by atoms with Gasteiger partial charge in [0, 0.05) is 16.2 Å². The zero-order chi connectivity index (χ0) is 10.4. The van der Waals surface area contributed by atoms with Gasteiger partial charge in [0.2, 0.25) is 5.76 Å². The SMILES string of the molecule is O=C(O)c1cc2sc3ccccc3c2o1. The molecule has 0 fully saturated rings. The third-order valence-corrected chi connectivity index (χ3v) is 3.36. The Hall–Kier alpha value is -1.81. The molecule has 0 aliphatic rings. The highest BCUT2D eigenvalue weighted by molar-refractivity contribution is 7.25. The molecule has 3 nitrogen and oxygen atoms in total. The van der Waals surface area contributed by atoms with Crippen LogP contribution in [0.15, 0.2) is 34.7 Å². The van der Waals surface area contributed by atoms with E-state index in [4.69, 9.17) is 9.52 Å². The second kappa shape index (κ2) is 2.84. The second-order valence-corrected chi connectivity index (χ2v) is 4.29. The molecule has 0 atom stereocenters. The Bertz CT molecular complexity index is 663. The van der Waals surface area contributed by atoms with Crippen molar-refractivity contribution in [3.8, 4) is 0 Å². The van der Waals surface area contributed by atoms with E-state index in [0.29, 0.717) is 5.58 Å². The molecule has 0 aliphatic heterocycles. The zero-order valence-corrected chi connectivity index (χ0v) is 8.38. The quantitative estimate of drug-likeness (QED) is 0.681. The molecule has 0 bridgehead atoms. The predicted octanol–water partition coefficient (Wildman–Crippen LogP) is 3.35. The molecule has 0 unspecified atom stereocenters. The van der Waals surface area contributed by atoms with Crippen LogP contribution in [0.4, 0.5) is 0 Å². The monoisotopic (exact) mass is 218 g/mol. The minimum atomic E-state index is -1.03. The number of hydrogen-bond acceptors (Lipinski definition) is 3. The average Bonchev–Trinajstić information content (AvgIpc) is 2.73. The van der Waals surface area contributed by atoms with Gasteiger partial charge in [0.15, 0.2) is 5.58 Å². The van der Waals surface area contributed by atoms with Crippen LogP contribution < -0.4 is 0 Å². The van der Waals surface area contributed by atoms with E-state index in [1.807, 2.05) is 24.3 Å². The van der Waals surface area contributed by atoms with E-state index in [1.165, 1.54) is 0 Å². The highest BCUT2D eigenvalue weighted by Crippen LogP contribution is 2.35. The van der Waals surface area contributed by atoms with Crippen LogP contribution >= 0.6 is 11.3 Å². The van der Waals surface area contributed by atoms with Crippen molar-refractivity contribution in [2.24, 2.45) is 0 Å². The largest absolute Gasteiger partial charge is 0.475 e. The van der Waals surface area contributed by atoms with Crippen LogP contribution in [-0.4, -0.2) is 11.1 Å². The fourth-order valence-electron chi connectivity index (χ4n) is 1.60. The van der Waals surface area contributed by atoms with Crippen LogP contribution in [0.3, 0.4) is 0 Å². The molecule has 0 saturated heterocycles. The van der Waals surface area contributed by atoms with Crippen LogP contribution in [0, 0.1) is 0 Å². The van der Waals surface area contributed by atoms with Crippen LogP contribution in [0.1, 0.15) is 10.6 Å². The Morgan fingerprint density at radius 1 is 1.27 bits per heavy atom. The van der Waals surface area contributed by atoms with Gasteiger partial charge < -0.3 is 9.52 Å². The fraction of sp³-hybridized carbons (Fsp3) is 0. The van der Waals surface area contributed by atoms with Crippen molar-refractivity contribution in [2.75, 3.05) is 0 Å². The summed E-state index contributed by atoms with van der Waals surface area (Å²) in [5, 5.41) is 9.76. The van der Waals surface area contributed by atoms with Crippen molar-refractivity contribution >= 4 is 37.7 Å². The van der Waals surface area contributed by atoms with Gasteiger partial charge in [-0.1, -0.05) is 12.1 Å². The van der Waals surface area contributed by atoms with Gasteiger partial charge in [-0.15, -0.1) is 11.3 Å². The van der Waals surface area contributed by atoms with Crippen LogP contribution in [0.2, 0.25) is 0 Å². The maximum atomic E-state index is 10.7. The molecular weight excluding hydrogens is 212 g/mol. The molecule has 1 N–H and O–H groups in total. The number of benzene rings is 1. The zero-order valence-electron chi connectivity index (χ0n) is 7.56. The van der Waals surface area contributed by atoms with Gasteiger partial charge in [0.05, 0.1) is 4.70 Å². The second-order valence-electron chi connectivity index (χ2n) is 3.21.